The molecule has 0 bridgehead atoms. The summed E-state index contributed by atoms with van der Waals surface area (Å²) in [7, 11) is 1.64. The molecular weight excluding hydrogens is 208 g/mol. The van der Waals surface area contributed by atoms with Crippen LogP contribution >= 0.6 is 0 Å². The molecule has 0 saturated heterocycles. The third-order valence-corrected chi connectivity index (χ3v) is 2.43. The lowest BCUT2D eigenvalue weighted by atomic mass is 10.2. The van der Waals surface area contributed by atoms with Crippen molar-refractivity contribution in [2.75, 3.05) is 31.7 Å². The predicted octanol–water partition coefficient (Wildman–Crippen LogP) is 0.952. The van der Waals surface area contributed by atoms with Crippen LogP contribution in [-0.2, 0) is 4.74 Å². The molecule has 6 heteroatoms. The van der Waals surface area contributed by atoms with Gasteiger partial charge in [0, 0.05) is 26.8 Å². The Bertz CT molecular complexity index is 299. The Kier molecular flexibility index (Phi) is 5.21. The number of methoxy groups -OCH3 is 1. The molecule has 0 saturated carbocycles. The van der Waals surface area contributed by atoms with E-state index >= 15 is 0 Å². The lowest BCUT2D eigenvalue weighted by Gasteiger charge is -2.14. The number of anilines is 1. The standard InChI is InChI=1S/C10H20N4O2/c1-4-14(5-2)10-12-9(16-13-10)8(11)6-7-15-3/h8H,4-7,11H2,1-3H3. The minimum absolute atomic E-state index is 0.253. The molecule has 1 atom stereocenters. The summed E-state index contributed by atoms with van der Waals surface area (Å²) in [5.41, 5.74) is 5.88. The zero-order valence-corrected chi connectivity index (χ0v) is 10.1. The number of hydrogen-bond acceptors (Lipinski definition) is 6. The van der Waals surface area contributed by atoms with Crippen molar-refractivity contribution in [3.63, 3.8) is 0 Å². The molecule has 0 aromatic carbocycles. The predicted molar refractivity (Wildman–Crippen MR) is 61.3 cm³/mol. The first-order valence-electron chi connectivity index (χ1n) is 5.55. The van der Waals surface area contributed by atoms with Crippen LogP contribution in [0.1, 0.15) is 32.2 Å². The van der Waals surface area contributed by atoms with Gasteiger partial charge in [0.2, 0.25) is 5.89 Å². The van der Waals surface area contributed by atoms with Gasteiger partial charge in [-0.3, -0.25) is 0 Å². The highest BCUT2D eigenvalue weighted by Gasteiger charge is 2.16. The van der Waals surface area contributed by atoms with Crippen molar-refractivity contribution < 1.29 is 9.26 Å². The van der Waals surface area contributed by atoms with Crippen molar-refractivity contribution in [3.05, 3.63) is 5.89 Å². The maximum atomic E-state index is 5.88. The van der Waals surface area contributed by atoms with Gasteiger partial charge in [-0.05, 0) is 25.4 Å². The van der Waals surface area contributed by atoms with Gasteiger partial charge >= 0.3 is 0 Å². The Hall–Kier alpha value is -1.14. The molecule has 1 rings (SSSR count). The van der Waals surface area contributed by atoms with Crippen molar-refractivity contribution in [1.29, 1.82) is 0 Å². The highest BCUT2D eigenvalue weighted by Crippen LogP contribution is 2.15. The van der Waals surface area contributed by atoms with E-state index in [1.54, 1.807) is 7.11 Å². The summed E-state index contributed by atoms with van der Waals surface area (Å²) in [5.74, 6) is 1.08. The van der Waals surface area contributed by atoms with Gasteiger partial charge in [0.15, 0.2) is 0 Å². The summed E-state index contributed by atoms with van der Waals surface area (Å²) in [6.07, 6.45) is 0.677. The van der Waals surface area contributed by atoms with Crippen LogP contribution in [0.4, 0.5) is 5.95 Å². The minimum Gasteiger partial charge on any atom is -0.385 e. The molecule has 0 aliphatic carbocycles. The van der Waals surface area contributed by atoms with Crippen LogP contribution in [0.15, 0.2) is 4.52 Å². The Morgan fingerprint density at radius 1 is 1.44 bits per heavy atom. The van der Waals surface area contributed by atoms with Crippen LogP contribution in [-0.4, -0.2) is 36.9 Å². The summed E-state index contributed by atoms with van der Waals surface area (Å²) < 4.78 is 10.1. The van der Waals surface area contributed by atoms with Crippen molar-refractivity contribution in [1.82, 2.24) is 10.1 Å². The third kappa shape index (κ3) is 3.18. The molecule has 16 heavy (non-hydrogen) atoms. The average Bonchev–Trinajstić information content (AvgIpc) is 2.77. The Balaban J connectivity index is 2.62. The lowest BCUT2D eigenvalue weighted by molar-refractivity contribution is 0.182. The molecule has 1 unspecified atom stereocenters. The first-order chi connectivity index (χ1) is 7.72. The van der Waals surface area contributed by atoms with Gasteiger partial charge in [0.25, 0.3) is 5.95 Å². The molecule has 1 aromatic heterocycles. The van der Waals surface area contributed by atoms with Crippen molar-refractivity contribution in [2.24, 2.45) is 5.73 Å². The Labute approximate surface area is 95.7 Å². The molecular formula is C10H20N4O2. The average molecular weight is 228 g/mol. The number of aromatic nitrogens is 2. The lowest BCUT2D eigenvalue weighted by Crippen LogP contribution is -2.23. The fraction of sp³-hybridized carbons (Fsp3) is 0.800. The zero-order chi connectivity index (χ0) is 12.0. The van der Waals surface area contributed by atoms with Crippen LogP contribution < -0.4 is 10.6 Å². The highest BCUT2D eigenvalue weighted by atomic mass is 16.5. The molecule has 92 valence electrons. The molecule has 0 radical (unpaired) electrons. The van der Waals surface area contributed by atoms with E-state index in [9.17, 15) is 0 Å². The van der Waals surface area contributed by atoms with Gasteiger partial charge in [-0.2, -0.15) is 4.98 Å². The SMILES string of the molecule is CCN(CC)c1noc(C(N)CCOC)n1. The van der Waals surface area contributed by atoms with Gasteiger partial charge in [0.05, 0.1) is 6.04 Å². The van der Waals surface area contributed by atoms with Crippen LogP contribution in [0.5, 0.6) is 0 Å². The molecule has 6 nitrogen and oxygen atoms in total. The summed E-state index contributed by atoms with van der Waals surface area (Å²) in [5, 5.41) is 3.91. The van der Waals surface area contributed by atoms with E-state index in [1.165, 1.54) is 0 Å². The summed E-state index contributed by atoms with van der Waals surface area (Å²) in [4.78, 5) is 6.28. The quantitative estimate of drug-likeness (QED) is 0.748. The zero-order valence-electron chi connectivity index (χ0n) is 10.1. The van der Waals surface area contributed by atoms with E-state index in [1.807, 2.05) is 18.7 Å². The van der Waals surface area contributed by atoms with E-state index < -0.39 is 0 Å². The maximum absolute atomic E-state index is 5.88. The number of nitrogens with zero attached hydrogens (tertiary/aromatic N) is 3. The molecule has 0 aliphatic rings. The Morgan fingerprint density at radius 2 is 2.12 bits per heavy atom. The largest absolute Gasteiger partial charge is 0.385 e. The van der Waals surface area contributed by atoms with E-state index in [-0.39, 0.29) is 6.04 Å². The van der Waals surface area contributed by atoms with Gasteiger partial charge in [-0.25, -0.2) is 0 Å². The second-order valence-corrected chi connectivity index (χ2v) is 3.49. The summed E-state index contributed by atoms with van der Waals surface area (Å²) >= 11 is 0. The smallest absolute Gasteiger partial charge is 0.266 e. The van der Waals surface area contributed by atoms with Crippen LogP contribution in [0.25, 0.3) is 0 Å². The maximum Gasteiger partial charge on any atom is 0.266 e. The van der Waals surface area contributed by atoms with Crippen LogP contribution in [0, 0.1) is 0 Å². The van der Waals surface area contributed by atoms with E-state index in [0.29, 0.717) is 24.9 Å². The molecule has 2 N–H and O–H groups in total. The van der Waals surface area contributed by atoms with Gasteiger partial charge in [0.1, 0.15) is 0 Å². The van der Waals surface area contributed by atoms with Crippen molar-refractivity contribution in [2.45, 2.75) is 26.3 Å². The third-order valence-electron chi connectivity index (χ3n) is 2.43. The molecule has 0 aliphatic heterocycles. The molecule has 0 spiro atoms. The first-order valence-corrected chi connectivity index (χ1v) is 5.55. The normalized spacial score (nSPS) is 12.8. The summed E-state index contributed by atoms with van der Waals surface area (Å²) in [6, 6.07) is -0.253. The summed E-state index contributed by atoms with van der Waals surface area (Å²) in [6.45, 7) is 6.38. The Morgan fingerprint density at radius 3 is 2.69 bits per heavy atom. The highest BCUT2D eigenvalue weighted by molar-refractivity contribution is 5.26. The van der Waals surface area contributed by atoms with Gasteiger partial charge < -0.3 is 19.9 Å². The topological polar surface area (TPSA) is 77.4 Å². The van der Waals surface area contributed by atoms with Gasteiger partial charge in [-0.1, -0.05) is 0 Å². The van der Waals surface area contributed by atoms with Crippen LogP contribution in [0.2, 0.25) is 0 Å². The second kappa shape index (κ2) is 6.44. The van der Waals surface area contributed by atoms with Gasteiger partial charge in [-0.15, -0.1) is 0 Å². The molecule has 0 fully saturated rings. The van der Waals surface area contributed by atoms with E-state index in [2.05, 4.69) is 10.1 Å². The molecule has 1 aromatic rings. The first kappa shape index (κ1) is 12.9. The fourth-order valence-corrected chi connectivity index (χ4v) is 1.38. The monoisotopic (exact) mass is 228 g/mol. The number of nitrogens with two attached hydrogens (primary N) is 1. The fourth-order valence-electron chi connectivity index (χ4n) is 1.38. The second-order valence-electron chi connectivity index (χ2n) is 3.49. The number of rotatable bonds is 7. The number of hydrogen-bond donors (Lipinski definition) is 1. The number of ether oxygens (including phenoxy) is 1. The van der Waals surface area contributed by atoms with E-state index in [0.717, 1.165) is 13.1 Å². The molecule has 0 amide bonds. The van der Waals surface area contributed by atoms with Crippen molar-refractivity contribution in [3.8, 4) is 0 Å². The minimum atomic E-state index is -0.253. The van der Waals surface area contributed by atoms with Crippen molar-refractivity contribution >= 4 is 5.95 Å². The van der Waals surface area contributed by atoms with E-state index in [4.69, 9.17) is 15.0 Å². The van der Waals surface area contributed by atoms with Crippen LogP contribution in [0.3, 0.4) is 0 Å². The molecule has 1 heterocycles.